The number of carbonyl (C=O) groups excluding carboxylic acids is 1. The molecule has 1 aromatic rings. The summed E-state index contributed by atoms with van der Waals surface area (Å²) in [6, 6.07) is 8.86. The summed E-state index contributed by atoms with van der Waals surface area (Å²) in [5.74, 6) is 0.280. The van der Waals surface area contributed by atoms with Gasteiger partial charge in [-0.25, -0.2) is 0 Å². The Morgan fingerprint density at radius 3 is 2.63 bits per heavy atom. The van der Waals surface area contributed by atoms with Crippen molar-refractivity contribution in [1.82, 2.24) is 10.6 Å². The molecule has 1 aliphatic heterocycles. The summed E-state index contributed by atoms with van der Waals surface area (Å²) in [5.41, 5.74) is 2.50. The van der Waals surface area contributed by atoms with Crippen LogP contribution in [0.2, 0.25) is 0 Å². The quantitative estimate of drug-likeness (QED) is 0.873. The van der Waals surface area contributed by atoms with Crippen molar-refractivity contribution in [1.29, 1.82) is 0 Å². The Kier molecular flexibility index (Phi) is 4.59. The summed E-state index contributed by atoms with van der Waals surface area (Å²) in [4.78, 5) is 12.2. The van der Waals surface area contributed by atoms with Crippen LogP contribution in [0.25, 0.3) is 0 Å². The van der Waals surface area contributed by atoms with Crippen LogP contribution < -0.4 is 10.6 Å². The highest BCUT2D eigenvalue weighted by Crippen LogP contribution is 2.18. The molecule has 19 heavy (non-hydrogen) atoms. The van der Waals surface area contributed by atoms with Gasteiger partial charge < -0.3 is 10.6 Å². The van der Waals surface area contributed by atoms with Gasteiger partial charge in [-0.3, -0.25) is 4.79 Å². The van der Waals surface area contributed by atoms with Crippen molar-refractivity contribution in [2.24, 2.45) is 5.92 Å². The Labute approximate surface area is 115 Å². The van der Waals surface area contributed by atoms with E-state index in [9.17, 15) is 4.79 Å². The van der Waals surface area contributed by atoms with Crippen LogP contribution in [0.1, 0.15) is 44.4 Å². The molecule has 0 aromatic heterocycles. The zero-order chi connectivity index (χ0) is 13.8. The van der Waals surface area contributed by atoms with Crippen LogP contribution in [0.5, 0.6) is 0 Å². The predicted octanol–water partition coefficient (Wildman–Crippen LogP) is 2.42. The third-order valence-electron chi connectivity index (χ3n) is 4.11. The fraction of sp³-hybridized carbons (Fsp3) is 0.562. The second kappa shape index (κ2) is 6.20. The van der Waals surface area contributed by atoms with E-state index < -0.39 is 0 Å². The van der Waals surface area contributed by atoms with Crippen molar-refractivity contribution in [3.05, 3.63) is 35.4 Å². The van der Waals surface area contributed by atoms with Gasteiger partial charge in [0, 0.05) is 6.04 Å². The van der Waals surface area contributed by atoms with Crippen LogP contribution >= 0.6 is 0 Å². The molecule has 1 saturated heterocycles. The SMILES string of the molecule is CCc1ccc(C(C)NC(=O)C2CCNC2C)cc1. The molecular formula is C16H24N2O. The van der Waals surface area contributed by atoms with E-state index in [1.165, 1.54) is 11.1 Å². The molecule has 1 fully saturated rings. The Balaban J connectivity index is 1.95. The van der Waals surface area contributed by atoms with Gasteiger partial charge in [-0.2, -0.15) is 0 Å². The lowest BCUT2D eigenvalue weighted by molar-refractivity contribution is -0.125. The Hall–Kier alpha value is -1.35. The van der Waals surface area contributed by atoms with Crippen LogP contribution in [0, 0.1) is 5.92 Å². The Morgan fingerprint density at radius 1 is 1.42 bits per heavy atom. The highest BCUT2D eigenvalue weighted by Gasteiger charge is 2.29. The van der Waals surface area contributed by atoms with E-state index in [1.807, 2.05) is 6.92 Å². The first-order valence-electron chi connectivity index (χ1n) is 7.24. The van der Waals surface area contributed by atoms with Crippen LogP contribution in [-0.4, -0.2) is 18.5 Å². The van der Waals surface area contributed by atoms with Gasteiger partial charge in [-0.15, -0.1) is 0 Å². The van der Waals surface area contributed by atoms with Gasteiger partial charge in [0.15, 0.2) is 0 Å². The number of benzene rings is 1. The summed E-state index contributed by atoms with van der Waals surface area (Å²) in [7, 11) is 0. The minimum Gasteiger partial charge on any atom is -0.349 e. The van der Waals surface area contributed by atoms with Gasteiger partial charge in [-0.1, -0.05) is 31.2 Å². The standard InChI is InChI=1S/C16H24N2O/c1-4-13-5-7-14(8-6-13)11(2)18-16(19)15-9-10-17-12(15)3/h5-8,11-12,15,17H,4,9-10H2,1-3H3,(H,18,19). The lowest BCUT2D eigenvalue weighted by Crippen LogP contribution is -2.37. The highest BCUT2D eigenvalue weighted by molar-refractivity contribution is 5.80. The number of carbonyl (C=O) groups is 1. The van der Waals surface area contributed by atoms with Gasteiger partial charge in [-0.05, 0) is 44.4 Å². The smallest absolute Gasteiger partial charge is 0.225 e. The van der Waals surface area contributed by atoms with Gasteiger partial charge >= 0.3 is 0 Å². The maximum absolute atomic E-state index is 12.2. The van der Waals surface area contributed by atoms with E-state index in [4.69, 9.17) is 0 Å². The minimum absolute atomic E-state index is 0.0752. The van der Waals surface area contributed by atoms with E-state index in [-0.39, 0.29) is 23.9 Å². The third kappa shape index (κ3) is 3.35. The Morgan fingerprint density at radius 2 is 2.11 bits per heavy atom. The molecule has 1 aliphatic rings. The summed E-state index contributed by atoms with van der Waals surface area (Å²) in [6.07, 6.45) is 1.99. The normalized spacial score (nSPS) is 24.2. The fourth-order valence-corrected chi connectivity index (χ4v) is 2.66. The van der Waals surface area contributed by atoms with Crippen molar-refractivity contribution < 1.29 is 4.79 Å². The number of aryl methyl sites for hydroxylation is 1. The molecule has 1 amide bonds. The van der Waals surface area contributed by atoms with E-state index >= 15 is 0 Å². The molecule has 1 heterocycles. The molecule has 0 aliphatic carbocycles. The topological polar surface area (TPSA) is 41.1 Å². The first-order chi connectivity index (χ1) is 9.11. The molecule has 3 unspecified atom stereocenters. The van der Waals surface area contributed by atoms with Crippen LogP contribution in [-0.2, 0) is 11.2 Å². The number of rotatable bonds is 4. The third-order valence-corrected chi connectivity index (χ3v) is 4.11. The fourth-order valence-electron chi connectivity index (χ4n) is 2.66. The second-order valence-corrected chi connectivity index (χ2v) is 5.46. The average Bonchev–Trinajstić information content (AvgIpc) is 2.85. The average molecular weight is 260 g/mol. The Bertz CT molecular complexity index is 427. The monoisotopic (exact) mass is 260 g/mol. The van der Waals surface area contributed by atoms with Crippen molar-refractivity contribution >= 4 is 5.91 Å². The van der Waals surface area contributed by atoms with E-state index in [2.05, 4.69) is 48.7 Å². The lowest BCUT2D eigenvalue weighted by atomic mass is 9.99. The zero-order valence-electron chi connectivity index (χ0n) is 12.1. The first-order valence-corrected chi connectivity index (χ1v) is 7.24. The molecule has 2 rings (SSSR count). The van der Waals surface area contributed by atoms with E-state index in [0.717, 1.165) is 19.4 Å². The minimum atomic E-state index is 0.0752. The van der Waals surface area contributed by atoms with E-state index in [0.29, 0.717) is 0 Å². The molecule has 0 radical (unpaired) electrons. The van der Waals surface area contributed by atoms with Crippen LogP contribution in [0.3, 0.4) is 0 Å². The predicted molar refractivity (Wildman–Crippen MR) is 77.9 cm³/mol. The summed E-state index contributed by atoms with van der Waals surface area (Å²) < 4.78 is 0. The van der Waals surface area contributed by atoms with Crippen molar-refractivity contribution in [3.8, 4) is 0 Å². The van der Waals surface area contributed by atoms with Gasteiger partial charge in [0.1, 0.15) is 0 Å². The molecular weight excluding hydrogens is 236 g/mol. The first kappa shape index (κ1) is 14.1. The molecule has 2 N–H and O–H groups in total. The summed E-state index contributed by atoms with van der Waals surface area (Å²) >= 11 is 0. The van der Waals surface area contributed by atoms with Gasteiger partial charge in [0.05, 0.1) is 12.0 Å². The van der Waals surface area contributed by atoms with Crippen molar-refractivity contribution in [2.75, 3.05) is 6.54 Å². The highest BCUT2D eigenvalue weighted by atomic mass is 16.2. The second-order valence-electron chi connectivity index (χ2n) is 5.46. The molecule has 3 atom stereocenters. The summed E-state index contributed by atoms with van der Waals surface area (Å²) in [5, 5.41) is 6.44. The number of hydrogen-bond donors (Lipinski definition) is 2. The maximum Gasteiger partial charge on any atom is 0.225 e. The molecule has 0 spiro atoms. The largest absolute Gasteiger partial charge is 0.349 e. The van der Waals surface area contributed by atoms with Gasteiger partial charge in [0.2, 0.25) is 5.91 Å². The van der Waals surface area contributed by atoms with Crippen LogP contribution in [0.4, 0.5) is 0 Å². The molecule has 1 aromatic carbocycles. The van der Waals surface area contributed by atoms with E-state index in [1.54, 1.807) is 0 Å². The van der Waals surface area contributed by atoms with Crippen LogP contribution in [0.15, 0.2) is 24.3 Å². The summed E-state index contributed by atoms with van der Waals surface area (Å²) in [6.45, 7) is 7.22. The molecule has 3 nitrogen and oxygen atoms in total. The number of nitrogens with one attached hydrogen (secondary N) is 2. The molecule has 104 valence electrons. The molecule has 0 bridgehead atoms. The number of hydrogen-bond acceptors (Lipinski definition) is 2. The van der Waals surface area contributed by atoms with Crippen molar-refractivity contribution in [3.63, 3.8) is 0 Å². The van der Waals surface area contributed by atoms with Crippen molar-refractivity contribution in [2.45, 2.75) is 45.7 Å². The zero-order valence-corrected chi connectivity index (χ0v) is 12.1. The van der Waals surface area contributed by atoms with Gasteiger partial charge in [0.25, 0.3) is 0 Å². The lowest BCUT2D eigenvalue weighted by Gasteiger charge is -2.20. The number of amides is 1. The molecule has 0 saturated carbocycles. The maximum atomic E-state index is 12.2. The molecule has 3 heteroatoms.